The summed E-state index contributed by atoms with van der Waals surface area (Å²) in [6, 6.07) is 19.0. The first kappa shape index (κ1) is 21.6. The summed E-state index contributed by atoms with van der Waals surface area (Å²) in [6.45, 7) is 4.64. The van der Waals surface area contributed by atoms with Gasteiger partial charge in [-0.05, 0) is 54.8 Å². The zero-order valence-electron chi connectivity index (χ0n) is 18.3. The number of aromatic nitrogens is 1. The lowest BCUT2D eigenvalue weighted by Crippen LogP contribution is -2.60. The molecule has 0 saturated carbocycles. The largest absolute Gasteiger partial charge is 0.481 e. The average Bonchev–Trinajstić information content (AvgIpc) is 2.82. The van der Waals surface area contributed by atoms with E-state index in [0.29, 0.717) is 25.3 Å². The molecule has 3 aromatic rings. The molecule has 0 bridgehead atoms. The summed E-state index contributed by atoms with van der Waals surface area (Å²) >= 11 is 0. The summed E-state index contributed by atoms with van der Waals surface area (Å²) in [5, 5.41) is 2.89. The van der Waals surface area contributed by atoms with Gasteiger partial charge in [0.05, 0.1) is 0 Å². The maximum Gasteiger partial charge on any atom is 0.264 e. The van der Waals surface area contributed by atoms with Gasteiger partial charge in [-0.15, -0.1) is 0 Å². The summed E-state index contributed by atoms with van der Waals surface area (Å²) in [4.78, 5) is 31.5. The molecule has 1 saturated heterocycles. The second-order valence-electron chi connectivity index (χ2n) is 8.05. The number of piperazine rings is 1. The minimum Gasteiger partial charge on any atom is -0.481 e. The van der Waals surface area contributed by atoms with Crippen molar-refractivity contribution in [2.24, 2.45) is 0 Å². The fourth-order valence-electron chi connectivity index (χ4n) is 3.89. The molecule has 6 nitrogen and oxygen atoms in total. The van der Waals surface area contributed by atoms with Crippen molar-refractivity contribution in [3.63, 3.8) is 0 Å². The van der Waals surface area contributed by atoms with E-state index in [2.05, 4.69) is 10.3 Å². The predicted molar refractivity (Wildman–Crippen MR) is 123 cm³/mol. The van der Waals surface area contributed by atoms with Crippen LogP contribution in [0.1, 0.15) is 18.1 Å². The van der Waals surface area contributed by atoms with Crippen LogP contribution in [0.15, 0.2) is 73.1 Å². The molecule has 164 valence electrons. The van der Waals surface area contributed by atoms with Crippen molar-refractivity contribution in [3.05, 3.63) is 84.2 Å². The first-order valence-corrected chi connectivity index (χ1v) is 10.8. The van der Waals surface area contributed by atoms with Gasteiger partial charge in [0, 0.05) is 31.9 Å². The number of hydrogen-bond acceptors (Lipinski definition) is 4. The summed E-state index contributed by atoms with van der Waals surface area (Å²) in [6.07, 6.45) is 3.30. The molecule has 32 heavy (non-hydrogen) atoms. The van der Waals surface area contributed by atoms with E-state index in [4.69, 9.17) is 4.74 Å². The van der Waals surface area contributed by atoms with Crippen LogP contribution in [0.5, 0.6) is 5.75 Å². The monoisotopic (exact) mass is 429 g/mol. The summed E-state index contributed by atoms with van der Waals surface area (Å²) < 4.78 is 5.85. The van der Waals surface area contributed by atoms with E-state index >= 15 is 0 Å². The van der Waals surface area contributed by atoms with Crippen LogP contribution in [0, 0.1) is 6.92 Å². The Morgan fingerprint density at radius 3 is 2.41 bits per heavy atom. The number of amides is 2. The summed E-state index contributed by atoms with van der Waals surface area (Å²) in [7, 11) is 0. The Balaban J connectivity index is 1.46. The topological polar surface area (TPSA) is 71.5 Å². The van der Waals surface area contributed by atoms with Gasteiger partial charge in [0.25, 0.3) is 5.91 Å². The van der Waals surface area contributed by atoms with Gasteiger partial charge in [-0.2, -0.15) is 0 Å². The number of carbonyl (C=O) groups is 2. The minimum atomic E-state index is -0.680. The van der Waals surface area contributed by atoms with Gasteiger partial charge in [-0.1, -0.05) is 42.0 Å². The fourth-order valence-corrected chi connectivity index (χ4v) is 3.89. The van der Waals surface area contributed by atoms with Crippen molar-refractivity contribution in [1.82, 2.24) is 15.2 Å². The molecule has 1 N–H and O–H groups in total. The zero-order valence-corrected chi connectivity index (χ0v) is 18.3. The van der Waals surface area contributed by atoms with E-state index in [1.54, 1.807) is 24.2 Å². The lowest BCUT2D eigenvalue weighted by molar-refractivity contribution is -0.147. The average molecular weight is 430 g/mol. The molecule has 2 atom stereocenters. The molecule has 0 aliphatic carbocycles. The van der Waals surface area contributed by atoms with Gasteiger partial charge in [-0.3, -0.25) is 14.6 Å². The second kappa shape index (κ2) is 9.64. The van der Waals surface area contributed by atoms with Crippen molar-refractivity contribution in [1.29, 1.82) is 0 Å². The number of pyridine rings is 1. The number of benzene rings is 2. The number of ether oxygens (including phenoxy) is 1. The molecule has 1 aromatic heterocycles. The van der Waals surface area contributed by atoms with Crippen molar-refractivity contribution in [2.45, 2.75) is 32.4 Å². The molecule has 0 radical (unpaired) electrons. The third-order valence-electron chi connectivity index (χ3n) is 5.69. The molecule has 6 heteroatoms. The summed E-state index contributed by atoms with van der Waals surface area (Å²) in [5.74, 6) is 0.324. The Bertz CT molecular complexity index is 1070. The Hall–Kier alpha value is -3.67. The maximum atomic E-state index is 13.2. The van der Waals surface area contributed by atoms with Gasteiger partial charge >= 0.3 is 0 Å². The van der Waals surface area contributed by atoms with Crippen LogP contribution in [0.3, 0.4) is 0 Å². The van der Waals surface area contributed by atoms with Gasteiger partial charge in [0.15, 0.2) is 6.10 Å². The highest BCUT2D eigenvalue weighted by molar-refractivity contribution is 5.90. The van der Waals surface area contributed by atoms with E-state index in [1.165, 1.54) is 0 Å². The van der Waals surface area contributed by atoms with Crippen LogP contribution >= 0.6 is 0 Å². The van der Waals surface area contributed by atoms with Gasteiger partial charge in [0.1, 0.15) is 11.8 Å². The van der Waals surface area contributed by atoms with Crippen LogP contribution in [0.2, 0.25) is 0 Å². The normalized spacial score (nSPS) is 16.9. The first-order valence-electron chi connectivity index (χ1n) is 10.8. The molecule has 1 fully saturated rings. The molecule has 0 unspecified atom stereocenters. The third-order valence-corrected chi connectivity index (χ3v) is 5.69. The lowest BCUT2D eigenvalue weighted by atomic mass is 9.99. The lowest BCUT2D eigenvalue weighted by Gasteiger charge is -2.36. The Kier molecular flexibility index (Phi) is 6.50. The molecule has 4 rings (SSSR count). The Morgan fingerprint density at radius 1 is 1.06 bits per heavy atom. The molecule has 2 heterocycles. The highest BCUT2D eigenvalue weighted by atomic mass is 16.5. The molecule has 0 spiro atoms. The van der Waals surface area contributed by atoms with E-state index in [9.17, 15) is 9.59 Å². The number of carbonyl (C=O) groups excluding carboxylic acids is 2. The van der Waals surface area contributed by atoms with Crippen LogP contribution in [-0.4, -0.2) is 46.9 Å². The summed E-state index contributed by atoms with van der Waals surface area (Å²) in [5.41, 5.74) is 4.28. The van der Waals surface area contributed by atoms with Gasteiger partial charge < -0.3 is 15.0 Å². The highest BCUT2D eigenvalue weighted by Gasteiger charge is 2.35. The standard InChI is InChI=1S/C26H27N3O3/c1-18-3-9-23(10-4-18)32-19(2)26(31)29-16-15-28-25(30)24(29)17-20-5-7-21(8-6-20)22-11-13-27-14-12-22/h3-14,19,24H,15-17H2,1-2H3,(H,28,30)/t19-,24-/m1/s1. The van der Waals surface area contributed by atoms with Crippen LogP contribution in [0.25, 0.3) is 11.1 Å². The number of nitrogens with zero attached hydrogens (tertiary/aromatic N) is 2. The zero-order chi connectivity index (χ0) is 22.5. The SMILES string of the molecule is Cc1ccc(O[C@H](C)C(=O)N2CCNC(=O)[C@H]2Cc2ccc(-c3ccncc3)cc2)cc1. The highest BCUT2D eigenvalue weighted by Crippen LogP contribution is 2.21. The molecular formula is C26H27N3O3. The number of hydrogen-bond donors (Lipinski definition) is 1. The predicted octanol–water partition coefficient (Wildman–Crippen LogP) is 3.39. The van der Waals surface area contributed by atoms with Crippen LogP contribution in [0.4, 0.5) is 0 Å². The molecule has 1 aliphatic heterocycles. The van der Waals surface area contributed by atoms with Crippen LogP contribution < -0.4 is 10.1 Å². The van der Waals surface area contributed by atoms with E-state index in [-0.39, 0.29) is 11.8 Å². The Morgan fingerprint density at radius 2 is 1.72 bits per heavy atom. The van der Waals surface area contributed by atoms with E-state index < -0.39 is 12.1 Å². The quantitative estimate of drug-likeness (QED) is 0.652. The number of rotatable bonds is 6. The van der Waals surface area contributed by atoms with Crippen molar-refractivity contribution in [3.8, 4) is 16.9 Å². The molecule has 2 amide bonds. The molecule has 1 aliphatic rings. The fraction of sp³-hybridized carbons (Fsp3) is 0.269. The Labute approximate surface area is 188 Å². The van der Waals surface area contributed by atoms with E-state index in [1.807, 2.05) is 67.6 Å². The third kappa shape index (κ3) is 4.97. The number of nitrogens with one attached hydrogen (secondary N) is 1. The maximum absolute atomic E-state index is 13.2. The molecule has 2 aromatic carbocycles. The van der Waals surface area contributed by atoms with Gasteiger partial charge in [-0.25, -0.2) is 0 Å². The smallest absolute Gasteiger partial charge is 0.264 e. The van der Waals surface area contributed by atoms with Crippen LogP contribution in [-0.2, 0) is 16.0 Å². The van der Waals surface area contributed by atoms with Gasteiger partial charge in [0.2, 0.25) is 5.91 Å². The van der Waals surface area contributed by atoms with Crippen molar-refractivity contribution < 1.29 is 14.3 Å². The molecular weight excluding hydrogens is 402 g/mol. The first-order chi connectivity index (χ1) is 15.5. The second-order valence-corrected chi connectivity index (χ2v) is 8.05. The van der Waals surface area contributed by atoms with Crippen molar-refractivity contribution >= 4 is 11.8 Å². The van der Waals surface area contributed by atoms with E-state index in [0.717, 1.165) is 22.3 Å². The van der Waals surface area contributed by atoms with Crippen molar-refractivity contribution in [2.75, 3.05) is 13.1 Å². The minimum absolute atomic E-state index is 0.134. The number of aryl methyl sites for hydroxylation is 1.